The van der Waals surface area contributed by atoms with Gasteiger partial charge in [-0.1, -0.05) is 31.8 Å². The molecule has 4 rings (SSSR count). The molecule has 0 atom stereocenters. The molecular weight excluding hydrogens is 516 g/mol. The van der Waals surface area contributed by atoms with Crippen LogP contribution in [0.1, 0.15) is 11.3 Å². The predicted molar refractivity (Wildman–Crippen MR) is 153 cm³/mol. The van der Waals surface area contributed by atoms with Gasteiger partial charge in [0.05, 0.1) is 18.5 Å². The smallest absolute Gasteiger partial charge is 0.272 e. The molecule has 0 aliphatic carbocycles. The first-order chi connectivity index (χ1) is 18.7. The van der Waals surface area contributed by atoms with Crippen LogP contribution in [-0.2, 0) is 18.1 Å². The molecule has 204 valence electrons. The number of pyridine rings is 1. The predicted octanol–water partition coefficient (Wildman–Crippen LogP) is 7.75. The van der Waals surface area contributed by atoms with Crippen LogP contribution < -0.4 is 9.47 Å². The highest BCUT2D eigenvalue weighted by Gasteiger charge is 2.14. The van der Waals surface area contributed by atoms with E-state index < -0.39 is 14.2 Å². The van der Waals surface area contributed by atoms with Crippen LogP contribution in [0.2, 0.25) is 25.7 Å². The summed E-state index contributed by atoms with van der Waals surface area (Å²) in [4.78, 5) is 8.99. The Balaban J connectivity index is 1.43. The molecule has 0 saturated carbocycles. The Hall–Kier alpha value is -3.82. The van der Waals surface area contributed by atoms with Crippen LogP contribution >= 0.6 is 0 Å². The van der Waals surface area contributed by atoms with Crippen molar-refractivity contribution in [3.8, 4) is 34.1 Å². The maximum atomic E-state index is 12.9. The zero-order valence-corrected chi connectivity index (χ0v) is 23.7. The molecule has 4 aromatic rings. The number of nitrogens with zero attached hydrogens (tertiary/aromatic N) is 3. The first kappa shape index (κ1) is 28.2. The zero-order valence-electron chi connectivity index (χ0n) is 22.7. The first-order valence-electron chi connectivity index (χ1n) is 12.7. The fourth-order valence-electron chi connectivity index (χ4n) is 3.79. The third-order valence-corrected chi connectivity index (χ3v) is 7.72. The molecule has 6 nitrogen and oxygen atoms in total. The van der Waals surface area contributed by atoms with E-state index in [1.54, 1.807) is 24.1 Å². The molecule has 0 amide bonds. The lowest BCUT2D eigenvalue weighted by Gasteiger charge is -2.16. The second-order valence-corrected chi connectivity index (χ2v) is 16.0. The molecule has 2 aromatic carbocycles. The van der Waals surface area contributed by atoms with Gasteiger partial charge in [0.2, 0.25) is 0 Å². The lowest BCUT2D eigenvalue weighted by Crippen LogP contribution is -2.22. The largest absolute Gasteiger partial charge is 0.497 e. The minimum absolute atomic E-state index is 0.174. The van der Waals surface area contributed by atoms with E-state index in [0.29, 0.717) is 24.6 Å². The highest BCUT2D eigenvalue weighted by molar-refractivity contribution is 6.76. The van der Waals surface area contributed by atoms with Crippen LogP contribution in [0.4, 0.5) is 8.78 Å². The first-order valence-corrected chi connectivity index (χ1v) is 16.4. The van der Waals surface area contributed by atoms with Crippen molar-refractivity contribution in [1.82, 2.24) is 14.5 Å². The van der Waals surface area contributed by atoms with Gasteiger partial charge in [-0.05, 0) is 60.1 Å². The summed E-state index contributed by atoms with van der Waals surface area (Å²) in [5.74, 6) is 2.09. The summed E-state index contributed by atoms with van der Waals surface area (Å²) >= 11 is 0. The summed E-state index contributed by atoms with van der Waals surface area (Å²) in [6.45, 7) is 8.14. The van der Waals surface area contributed by atoms with Gasteiger partial charge >= 0.3 is 0 Å². The molecule has 0 N–H and O–H groups in total. The number of benzene rings is 2. The monoisotopic (exact) mass is 549 g/mol. The second-order valence-electron chi connectivity index (χ2n) is 10.3. The van der Waals surface area contributed by atoms with Gasteiger partial charge in [-0.3, -0.25) is 4.98 Å². The summed E-state index contributed by atoms with van der Waals surface area (Å²) in [6, 6.07) is 20.3. The van der Waals surface area contributed by atoms with Gasteiger partial charge in [0.25, 0.3) is 6.08 Å². The quantitative estimate of drug-likeness (QED) is 0.134. The number of hydrogen-bond acceptors (Lipinski definition) is 5. The van der Waals surface area contributed by atoms with Gasteiger partial charge in [0.15, 0.2) is 0 Å². The number of rotatable bonds is 12. The molecule has 0 aliphatic heterocycles. The molecule has 0 saturated heterocycles. The Labute approximate surface area is 228 Å². The maximum absolute atomic E-state index is 12.9. The van der Waals surface area contributed by atoms with E-state index >= 15 is 0 Å². The number of ether oxygens (including phenoxy) is 3. The molecule has 39 heavy (non-hydrogen) atoms. The zero-order chi connectivity index (χ0) is 27.8. The Bertz CT molecular complexity index is 1380. The van der Waals surface area contributed by atoms with Crippen molar-refractivity contribution in [2.24, 2.45) is 0 Å². The van der Waals surface area contributed by atoms with Crippen molar-refractivity contribution >= 4 is 14.1 Å². The van der Waals surface area contributed by atoms with Crippen molar-refractivity contribution in [2.45, 2.75) is 39.0 Å². The number of imidazole rings is 1. The second kappa shape index (κ2) is 12.8. The van der Waals surface area contributed by atoms with Gasteiger partial charge in [-0.25, -0.2) is 4.98 Å². The van der Waals surface area contributed by atoms with E-state index in [1.807, 2.05) is 60.7 Å². The van der Waals surface area contributed by atoms with Crippen LogP contribution in [0.15, 0.2) is 79.1 Å². The van der Waals surface area contributed by atoms with Crippen molar-refractivity contribution in [3.63, 3.8) is 0 Å². The molecule has 0 spiro atoms. The molecule has 0 bridgehead atoms. The van der Waals surface area contributed by atoms with E-state index in [4.69, 9.17) is 14.2 Å². The lowest BCUT2D eigenvalue weighted by atomic mass is 10.1. The molecule has 0 fully saturated rings. The van der Waals surface area contributed by atoms with Crippen LogP contribution in [0, 0.1) is 0 Å². The van der Waals surface area contributed by atoms with Gasteiger partial charge in [0.1, 0.15) is 30.7 Å². The van der Waals surface area contributed by atoms with E-state index in [1.165, 1.54) is 0 Å². The van der Waals surface area contributed by atoms with Crippen molar-refractivity contribution in [3.05, 3.63) is 90.4 Å². The SMILES string of the molecule is COc1ccc(COc2ccc(-c3ccc(-c4nc(C=C(F)F)cn4COCC[Si](C)(C)C)cn3)cc2)cc1. The maximum Gasteiger partial charge on any atom is 0.272 e. The van der Waals surface area contributed by atoms with Gasteiger partial charge in [-0.15, -0.1) is 0 Å². The summed E-state index contributed by atoms with van der Waals surface area (Å²) < 4.78 is 44.5. The number of hydrogen-bond donors (Lipinski definition) is 0. The van der Waals surface area contributed by atoms with Crippen molar-refractivity contribution < 1.29 is 23.0 Å². The fraction of sp³-hybridized carbons (Fsp3) is 0.267. The molecule has 0 unspecified atom stereocenters. The van der Waals surface area contributed by atoms with Crippen LogP contribution in [0.25, 0.3) is 28.7 Å². The Morgan fingerprint density at radius 1 is 0.923 bits per heavy atom. The van der Waals surface area contributed by atoms with E-state index in [2.05, 4.69) is 29.6 Å². The molecule has 2 heterocycles. The average Bonchev–Trinajstić information content (AvgIpc) is 3.32. The summed E-state index contributed by atoms with van der Waals surface area (Å²) in [6.07, 6.45) is 2.23. The van der Waals surface area contributed by atoms with E-state index in [-0.39, 0.29) is 12.4 Å². The van der Waals surface area contributed by atoms with Gasteiger partial charge < -0.3 is 18.8 Å². The normalized spacial score (nSPS) is 11.3. The Kier molecular flexibility index (Phi) is 9.26. The highest BCUT2D eigenvalue weighted by Crippen LogP contribution is 2.26. The van der Waals surface area contributed by atoms with Crippen molar-refractivity contribution in [1.29, 1.82) is 0 Å². The standard InChI is InChI=1S/C30H33F2N3O3Si/c1-36-26-10-5-22(6-11-26)20-38-27-12-7-23(8-13-27)28-14-9-24(18-33-28)30-34-25(17-29(31)32)19-35(30)21-37-15-16-39(2,3)4/h5-14,17-19H,15-16,20-21H2,1-4H3. The van der Waals surface area contributed by atoms with Crippen LogP contribution in [0.3, 0.4) is 0 Å². The minimum Gasteiger partial charge on any atom is -0.497 e. The third-order valence-electron chi connectivity index (χ3n) is 6.02. The summed E-state index contributed by atoms with van der Waals surface area (Å²) in [5.41, 5.74) is 3.64. The topological polar surface area (TPSA) is 58.4 Å². The van der Waals surface area contributed by atoms with E-state index in [9.17, 15) is 8.78 Å². The minimum atomic E-state index is -1.80. The van der Waals surface area contributed by atoms with Crippen LogP contribution in [0.5, 0.6) is 11.5 Å². The molecule has 2 aromatic heterocycles. The van der Waals surface area contributed by atoms with Gasteiger partial charge in [0, 0.05) is 44.3 Å². The lowest BCUT2D eigenvalue weighted by molar-refractivity contribution is 0.0882. The molecule has 0 radical (unpaired) electrons. The third kappa shape index (κ3) is 8.33. The molecular formula is C30H33F2N3O3Si. The number of methoxy groups -OCH3 is 1. The van der Waals surface area contributed by atoms with Crippen LogP contribution in [-0.4, -0.2) is 36.3 Å². The van der Waals surface area contributed by atoms with Crippen molar-refractivity contribution in [2.75, 3.05) is 13.7 Å². The summed E-state index contributed by atoms with van der Waals surface area (Å²) in [5, 5.41) is 0. The fourth-order valence-corrected chi connectivity index (χ4v) is 4.55. The number of halogens is 2. The average molecular weight is 550 g/mol. The Morgan fingerprint density at radius 3 is 2.23 bits per heavy atom. The number of aromatic nitrogens is 3. The Morgan fingerprint density at radius 2 is 1.62 bits per heavy atom. The molecule has 9 heteroatoms. The van der Waals surface area contributed by atoms with Gasteiger partial charge in [-0.2, -0.15) is 8.78 Å². The van der Waals surface area contributed by atoms with E-state index in [0.717, 1.165) is 40.4 Å². The molecule has 0 aliphatic rings. The highest BCUT2D eigenvalue weighted by atomic mass is 28.3. The summed E-state index contributed by atoms with van der Waals surface area (Å²) in [7, 11) is 0.404.